The van der Waals surface area contributed by atoms with Crippen molar-refractivity contribution in [3.8, 4) is 11.5 Å². The van der Waals surface area contributed by atoms with Crippen LogP contribution in [0, 0.1) is 10.1 Å². The molecular formula is C15H11NO7. The van der Waals surface area contributed by atoms with Gasteiger partial charge in [0, 0.05) is 12.1 Å². The maximum Gasteiger partial charge on any atom is 0.519 e. The van der Waals surface area contributed by atoms with Crippen LogP contribution in [0.15, 0.2) is 48.5 Å². The zero-order valence-electron chi connectivity index (χ0n) is 11.9. The van der Waals surface area contributed by atoms with E-state index in [1.54, 1.807) is 0 Å². The van der Waals surface area contributed by atoms with Gasteiger partial charge >= 0.3 is 12.1 Å². The summed E-state index contributed by atoms with van der Waals surface area (Å²) < 4.78 is 14.3. The average molecular weight is 317 g/mol. The van der Waals surface area contributed by atoms with Crippen LogP contribution in [-0.2, 0) is 4.74 Å². The number of methoxy groups -OCH3 is 1. The molecule has 2 aromatic carbocycles. The summed E-state index contributed by atoms with van der Waals surface area (Å²) >= 11 is 0. The zero-order chi connectivity index (χ0) is 16.8. The number of hydrogen-bond acceptors (Lipinski definition) is 7. The summed E-state index contributed by atoms with van der Waals surface area (Å²) in [6, 6.07) is 10.6. The Hall–Kier alpha value is -3.42. The lowest BCUT2D eigenvalue weighted by molar-refractivity contribution is -0.384. The predicted octanol–water partition coefficient (Wildman–Crippen LogP) is 2.96. The van der Waals surface area contributed by atoms with E-state index in [4.69, 9.17) is 9.47 Å². The molecule has 0 bridgehead atoms. The van der Waals surface area contributed by atoms with Gasteiger partial charge in [0.25, 0.3) is 5.69 Å². The molecule has 0 spiro atoms. The Kier molecular flexibility index (Phi) is 4.88. The number of carbonyl (C=O) groups is 2. The largest absolute Gasteiger partial charge is 0.519 e. The van der Waals surface area contributed by atoms with Gasteiger partial charge in [-0.2, -0.15) is 0 Å². The SMILES string of the molecule is COC(=O)c1ccc(OC(=O)Oc2ccc([N+](=O)[O-])cc2)cc1. The second kappa shape index (κ2) is 7.03. The number of carbonyl (C=O) groups excluding carboxylic acids is 2. The molecule has 0 N–H and O–H groups in total. The van der Waals surface area contributed by atoms with Crippen LogP contribution in [0.5, 0.6) is 11.5 Å². The van der Waals surface area contributed by atoms with Crippen molar-refractivity contribution in [1.29, 1.82) is 0 Å². The van der Waals surface area contributed by atoms with Gasteiger partial charge in [-0.25, -0.2) is 9.59 Å². The molecule has 23 heavy (non-hydrogen) atoms. The Balaban J connectivity index is 1.96. The highest BCUT2D eigenvalue weighted by Gasteiger charge is 2.11. The first kappa shape index (κ1) is 16.0. The van der Waals surface area contributed by atoms with E-state index in [0.29, 0.717) is 5.56 Å². The molecule has 0 aliphatic rings. The van der Waals surface area contributed by atoms with Crippen molar-refractivity contribution in [3.63, 3.8) is 0 Å². The van der Waals surface area contributed by atoms with Crippen molar-refractivity contribution in [2.75, 3.05) is 7.11 Å². The zero-order valence-corrected chi connectivity index (χ0v) is 11.9. The lowest BCUT2D eigenvalue weighted by atomic mass is 10.2. The Labute approximate surface area is 130 Å². The maximum atomic E-state index is 11.6. The third-order valence-electron chi connectivity index (χ3n) is 2.73. The molecule has 0 radical (unpaired) electrons. The molecule has 0 fully saturated rings. The van der Waals surface area contributed by atoms with Gasteiger partial charge in [-0.15, -0.1) is 0 Å². The minimum absolute atomic E-state index is 0.104. The van der Waals surface area contributed by atoms with E-state index in [9.17, 15) is 19.7 Å². The number of nitro groups is 1. The van der Waals surface area contributed by atoms with Crippen LogP contribution in [0.1, 0.15) is 10.4 Å². The van der Waals surface area contributed by atoms with Gasteiger partial charge in [0.15, 0.2) is 0 Å². The van der Waals surface area contributed by atoms with Gasteiger partial charge in [0.05, 0.1) is 17.6 Å². The highest BCUT2D eigenvalue weighted by Crippen LogP contribution is 2.19. The third-order valence-corrected chi connectivity index (χ3v) is 2.73. The summed E-state index contributed by atoms with van der Waals surface area (Å²) in [6.07, 6.45) is -1.01. The summed E-state index contributed by atoms with van der Waals surface area (Å²) in [5, 5.41) is 10.5. The van der Waals surface area contributed by atoms with E-state index in [2.05, 4.69) is 4.74 Å². The summed E-state index contributed by atoms with van der Waals surface area (Å²) in [5.74, 6) is -0.235. The van der Waals surface area contributed by atoms with Crippen LogP contribution in [-0.4, -0.2) is 24.2 Å². The van der Waals surface area contributed by atoms with E-state index in [0.717, 1.165) is 0 Å². The van der Waals surface area contributed by atoms with E-state index in [-0.39, 0.29) is 17.2 Å². The second-order valence-corrected chi connectivity index (χ2v) is 4.22. The van der Waals surface area contributed by atoms with Crippen molar-refractivity contribution in [3.05, 3.63) is 64.2 Å². The van der Waals surface area contributed by atoms with Crippen LogP contribution < -0.4 is 9.47 Å². The standard InChI is InChI=1S/C15H11NO7/c1-21-14(17)10-2-6-12(7-3-10)22-15(18)23-13-8-4-11(5-9-13)16(19)20/h2-9H,1H3. The third kappa shape index (κ3) is 4.27. The molecular weight excluding hydrogens is 306 g/mol. The van der Waals surface area contributed by atoms with Crippen LogP contribution in [0.2, 0.25) is 0 Å². The molecule has 0 aromatic heterocycles. The topological polar surface area (TPSA) is 105 Å². The van der Waals surface area contributed by atoms with E-state index in [1.807, 2.05) is 0 Å². The number of hydrogen-bond donors (Lipinski definition) is 0. The van der Waals surface area contributed by atoms with Crippen LogP contribution >= 0.6 is 0 Å². The Morgan fingerprint density at radius 1 is 0.913 bits per heavy atom. The van der Waals surface area contributed by atoms with Gasteiger partial charge in [0.2, 0.25) is 0 Å². The summed E-state index contributed by atoms with van der Waals surface area (Å²) in [4.78, 5) is 32.8. The summed E-state index contributed by atoms with van der Waals surface area (Å²) in [5.41, 5.74) is 0.188. The second-order valence-electron chi connectivity index (χ2n) is 4.22. The van der Waals surface area contributed by atoms with Gasteiger partial charge in [-0.3, -0.25) is 10.1 Å². The minimum Gasteiger partial charge on any atom is -0.465 e. The fourth-order valence-corrected chi connectivity index (χ4v) is 1.63. The first-order valence-corrected chi connectivity index (χ1v) is 6.32. The van der Waals surface area contributed by atoms with Crippen LogP contribution in [0.25, 0.3) is 0 Å². The van der Waals surface area contributed by atoms with Gasteiger partial charge < -0.3 is 14.2 Å². The summed E-state index contributed by atoms with van der Waals surface area (Å²) in [6.45, 7) is 0. The maximum absolute atomic E-state index is 11.6. The van der Waals surface area contributed by atoms with Crippen LogP contribution in [0.3, 0.4) is 0 Å². The van der Waals surface area contributed by atoms with Crippen molar-refractivity contribution in [2.45, 2.75) is 0 Å². The average Bonchev–Trinajstić information content (AvgIpc) is 2.55. The lowest BCUT2D eigenvalue weighted by Gasteiger charge is -2.06. The van der Waals surface area contributed by atoms with E-state index >= 15 is 0 Å². The normalized spacial score (nSPS) is 9.78. The molecule has 2 rings (SSSR count). The molecule has 0 atom stereocenters. The Morgan fingerprint density at radius 2 is 1.39 bits per heavy atom. The molecule has 0 unspecified atom stereocenters. The molecule has 0 aliphatic heterocycles. The highest BCUT2D eigenvalue weighted by atomic mass is 16.7. The number of benzene rings is 2. The minimum atomic E-state index is -1.01. The highest BCUT2D eigenvalue weighted by molar-refractivity contribution is 5.89. The summed E-state index contributed by atoms with van der Waals surface area (Å²) in [7, 11) is 1.26. The van der Waals surface area contributed by atoms with Crippen molar-refractivity contribution in [2.24, 2.45) is 0 Å². The Bertz CT molecular complexity index is 722. The molecule has 0 aliphatic carbocycles. The predicted molar refractivity (Wildman–Crippen MR) is 77.5 cm³/mol. The molecule has 118 valence electrons. The molecule has 0 heterocycles. The fraction of sp³-hybridized carbons (Fsp3) is 0.0667. The van der Waals surface area contributed by atoms with Crippen LogP contribution in [0.4, 0.5) is 10.5 Å². The lowest BCUT2D eigenvalue weighted by Crippen LogP contribution is -2.13. The van der Waals surface area contributed by atoms with E-state index in [1.165, 1.54) is 55.6 Å². The number of nitro benzene ring substituents is 1. The quantitative estimate of drug-likeness (QED) is 0.369. The van der Waals surface area contributed by atoms with Gasteiger partial charge in [-0.05, 0) is 36.4 Å². The van der Waals surface area contributed by atoms with Gasteiger partial charge in [-0.1, -0.05) is 0 Å². The first-order chi connectivity index (χ1) is 11.0. The molecule has 0 saturated carbocycles. The first-order valence-electron chi connectivity index (χ1n) is 6.32. The number of esters is 1. The fourth-order valence-electron chi connectivity index (χ4n) is 1.63. The number of non-ortho nitro benzene ring substituents is 1. The monoisotopic (exact) mass is 317 g/mol. The van der Waals surface area contributed by atoms with Crippen molar-refractivity contribution < 1.29 is 28.7 Å². The Morgan fingerprint density at radius 3 is 1.83 bits per heavy atom. The smallest absolute Gasteiger partial charge is 0.465 e. The molecule has 0 amide bonds. The molecule has 2 aromatic rings. The van der Waals surface area contributed by atoms with E-state index < -0.39 is 17.0 Å². The number of nitrogens with zero attached hydrogens (tertiary/aromatic N) is 1. The molecule has 8 nitrogen and oxygen atoms in total. The number of ether oxygens (including phenoxy) is 3. The number of rotatable bonds is 4. The van der Waals surface area contributed by atoms with Crippen molar-refractivity contribution >= 4 is 17.8 Å². The molecule has 0 saturated heterocycles. The molecule has 8 heteroatoms. The van der Waals surface area contributed by atoms with Gasteiger partial charge in [0.1, 0.15) is 11.5 Å². The van der Waals surface area contributed by atoms with Crippen molar-refractivity contribution in [1.82, 2.24) is 0 Å².